The van der Waals surface area contributed by atoms with Crippen LogP contribution in [0.5, 0.6) is 0 Å². The van der Waals surface area contributed by atoms with Crippen molar-refractivity contribution < 1.29 is 14.0 Å². The van der Waals surface area contributed by atoms with Crippen LogP contribution >= 0.6 is 11.6 Å². The molecule has 2 heterocycles. The van der Waals surface area contributed by atoms with E-state index in [1.54, 1.807) is 36.4 Å². The van der Waals surface area contributed by atoms with Crippen molar-refractivity contribution in [3.05, 3.63) is 95.3 Å². The van der Waals surface area contributed by atoms with Crippen LogP contribution in [-0.4, -0.2) is 26.7 Å². The lowest BCUT2D eigenvalue weighted by molar-refractivity contribution is 0.102. The molecule has 2 aromatic heterocycles. The van der Waals surface area contributed by atoms with Crippen molar-refractivity contribution in [2.75, 3.05) is 16.0 Å². The molecule has 0 radical (unpaired) electrons. The van der Waals surface area contributed by atoms with Gasteiger partial charge in [0.25, 0.3) is 5.91 Å². The van der Waals surface area contributed by atoms with E-state index in [2.05, 4.69) is 26.0 Å². The first-order valence-electron chi connectivity index (χ1n) is 9.80. The molecule has 3 N–H and O–H groups in total. The maximum atomic E-state index is 14.5. The summed E-state index contributed by atoms with van der Waals surface area (Å²) in [5.41, 5.74) is 2.38. The van der Waals surface area contributed by atoms with Gasteiger partial charge in [0.05, 0.1) is 40.7 Å². The smallest absolute Gasteiger partial charge is 0.321 e. The molecule has 10 heteroatoms. The topological polar surface area (TPSA) is 101 Å². The van der Waals surface area contributed by atoms with Gasteiger partial charge >= 0.3 is 6.03 Å². The summed E-state index contributed by atoms with van der Waals surface area (Å²) >= 11 is 6.03. The molecule has 4 rings (SSSR count). The fourth-order valence-corrected chi connectivity index (χ4v) is 3.12. The Morgan fingerprint density at radius 1 is 0.970 bits per heavy atom. The van der Waals surface area contributed by atoms with E-state index in [0.29, 0.717) is 22.1 Å². The number of carbonyl (C=O) groups is 2. The fraction of sp³-hybridized carbons (Fsp3) is 0.0435. The lowest BCUT2D eigenvalue weighted by atomic mass is 10.1. The first-order chi connectivity index (χ1) is 15.9. The largest absolute Gasteiger partial charge is 0.323 e. The van der Waals surface area contributed by atoms with Gasteiger partial charge in [-0.1, -0.05) is 23.7 Å². The zero-order chi connectivity index (χ0) is 23.4. The molecule has 0 aliphatic heterocycles. The second kappa shape index (κ2) is 9.49. The van der Waals surface area contributed by atoms with Gasteiger partial charge in [0.1, 0.15) is 11.5 Å². The molecular formula is C23H18ClFN6O2. The number of nitrogens with zero attached hydrogens (tertiary/aromatic N) is 3. The summed E-state index contributed by atoms with van der Waals surface area (Å²) in [5.74, 6) is -1.01. The highest BCUT2D eigenvalue weighted by Crippen LogP contribution is 2.21. The number of pyridine rings is 1. The monoisotopic (exact) mass is 464 g/mol. The van der Waals surface area contributed by atoms with Crippen LogP contribution < -0.4 is 16.0 Å². The standard InChI is InChI=1S/C23H18ClFN6O2/c1-14-6-8-16(11-26-14)28-22(32)15-7-9-19(25)21(10-15)31-13-17(12-27-31)29-23(33)30-20-5-3-2-4-18(20)24/h2-13H,1H3,(H,28,32)(H2,29,30,33). The van der Waals surface area contributed by atoms with Crippen LogP contribution in [0.1, 0.15) is 16.1 Å². The fourth-order valence-electron chi connectivity index (χ4n) is 2.94. The van der Waals surface area contributed by atoms with Crippen LogP contribution in [0.4, 0.5) is 26.2 Å². The van der Waals surface area contributed by atoms with E-state index in [-0.39, 0.29) is 11.3 Å². The van der Waals surface area contributed by atoms with Crippen molar-refractivity contribution in [1.29, 1.82) is 0 Å². The quantitative estimate of drug-likeness (QED) is 0.374. The Morgan fingerprint density at radius 2 is 1.79 bits per heavy atom. The molecule has 0 aliphatic rings. The highest BCUT2D eigenvalue weighted by molar-refractivity contribution is 6.33. The number of para-hydroxylation sites is 1. The lowest BCUT2D eigenvalue weighted by Gasteiger charge is -2.09. The molecule has 3 amide bonds. The minimum absolute atomic E-state index is 0.0456. The Hall–Kier alpha value is -4.24. The molecule has 0 bridgehead atoms. The Kier molecular flexibility index (Phi) is 6.32. The second-order valence-electron chi connectivity index (χ2n) is 7.04. The molecule has 33 heavy (non-hydrogen) atoms. The summed E-state index contributed by atoms with van der Waals surface area (Å²) < 4.78 is 15.7. The number of aryl methyl sites for hydroxylation is 1. The summed E-state index contributed by atoms with van der Waals surface area (Å²) in [4.78, 5) is 28.9. The zero-order valence-electron chi connectivity index (χ0n) is 17.3. The molecular weight excluding hydrogens is 447 g/mol. The van der Waals surface area contributed by atoms with Gasteiger partial charge in [-0.15, -0.1) is 0 Å². The van der Waals surface area contributed by atoms with Crippen molar-refractivity contribution >= 4 is 40.6 Å². The van der Waals surface area contributed by atoms with Crippen molar-refractivity contribution in [2.45, 2.75) is 6.92 Å². The number of urea groups is 1. The van der Waals surface area contributed by atoms with E-state index in [0.717, 1.165) is 5.69 Å². The molecule has 166 valence electrons. The molecule has 0 atom stereocenters. The average molecular weight is 465 g/mol. The van der Waals surface area contributed by atoms with E-state index < -0.39 is 17.8 Å². The van der Waals surface area contributed by atoms with Gasteiger partial charge in [0.2, 0.25) is 0 Å². The van der Waals surface area contributed by atoms with Crippen molar-refractivity contribution in [3.63, 3.8) is 0 Å². The van der Waals surface area contributed by atoms with Crippen LogP contribution in [0.25, 0.3) is 5.69 Å². The maximum Gasteiger partial charge on any atom is 0.323 e. The third-order valence-electron chi connectivity index (χ3n) is 4.59. The number of amides is 3. The van der Waals surface area contributed by atoms with Crippen LogP contribution in [0.2, 0.25) is 5.02 Å². The molecule has 8 nitrogen and oxygen atoms in total. The van der Waals surface area contributed by atoms with Crippen LogP contribution in [0.3, 0.4) is 0 Å². The number of carbonyl (C=O) groups excluding carboxylic acids is 2. The van der Waals surface area contributed by atoms with Gasteiger partial charge in [-0.3, -0.25) is 9.78 Å². The first kappa shape index (κ1) is 22.0. The maximum absolute atomic E-state index is 14.5. The molecule has 4 aromatic rings. The number of hydrogen-bond acceptors (Lipinski definition) is 4. The summed E-state index contributed by atoms with van der Waals surface area (Å²) in [6, 6.07) is 13.7. The highest BCUT2D eigenvalue weighted by atomic mass is 35.5. The summed E-state index contributed by atoms with van der Waals surface area (Å²) in [6.07, 6.45) is 4.32. The number of nitrogens with one attached hydrogen (secondary N) is 3. The predicted octanol–water partition coefficient (Wildman–Crippen LogP) is 5.26. The average Bonchev–Trinajstić information content (AvgIpc) is 3.25. The first-order valence-corrected chi connectivity index (χ1v) is 10.2. The summed E-state index contributed by atoms with van der Waals surface area (Å²) in [5, 5.41) is 12.4. The van der Waals surface area contributed by atoms with E-state index in [1.165, 1.54) is 41.5 Å². The van der Waals surface area contributed by atoms with Crippen LogP contribution in [0.15, 0.2) is 73.2 Å². The molecule has 0 unspecified atom stereocenters. The number of benzene rings is 2. The van der Waals surface area contributed by atoms with E-state index in [4.69, 9.17) is 11.6 Å². The molecule has 0 spiro atoms. The number of hydrogen-bond donors (Lipinski definition) is 3. The van der Waals surface area contributed by atoms with Gasteiger partial charge in [-0.05, 0) is 49.4 Å². The molecule has 0 fully saturated rings. The second-order valence-corrected chi connectivity index (χ2v) is 7.45. The van der Waals surface area contributed by atoms with E-state index >= 15 is 0 Å². The van der Waals surface area contributed by atoms with Gasteiger partial charge in [-0.2, -0.15) is 5.10 Å². The van der Waals surface area contributed by atoms with Gasteiger partial charge < -0.3 is 16.0 Å². The number of rotatable bonds is 5. The normalized spacial score (nSPS) is 10.5. The van der Waals surface area contributed by atoms with Gasteiger partial charge in [0, 0.05) is 11.3 Å². The number of anilines is 3. The van der Waals surface area contributed by atoms with E-state index in [1.807, 2.05) is 6.92 Å². The summed E-state index contributed by atoms with van der Waals surface area (Å²) in [6.45, 7) is 1.84. The number of halogens is 2. The van der Waals surface area contributed by atoms with Gasteiger partial charge in [0.15, 0.2) is 0 Å². The van der Waals surface area contributed by atoms with E-state index in [9.17, 15) is 14.0 Å². The number of aromatic nitrogens is 3. The highest BCUT2D eigenvalue weighted by Gasteiger charge is 2.14. The third kappa shape index (κ3) is 5.34. The predicted molar refractivity (Wildman–Crippen MR) is 125 cm³/mol. The van der Waals surface area contributed by atoms with Gasteiger partial charge in [-0.25, -0.2) is 13.9 Å². The van der Waals surface area contributed by atoms with Crippen molar-refractivity contribution in [2.24, 2.45) is 0 Å². The SMILES string of the molecule is Cc1ccc(NC(=O)c2ccc(F)c(-n3cc(NC(=O)Nc4ccccc4Cl)cn3)c2)cn1. The molecule has 0 aliphatic carbocycles. The minimum atomic E-state index is -0.585. The Balaban J connectivity index is 1.48. The summed E-state index contributed by atoms with van der Waals surface area (Å²) in [7, 11) is 0. The Labute approximate surface area is 193 Å². The zero-order valence-corrected chi connectivity index (χ0v) is 18.1. The Bertz CT molecular complexity index is 1320. The molecule has 0 saturated carbocycles. The van der Waals surface area contributed by atoms with Crippen molar-refractivity contribution in [3.8, 4) is 5.69 Å². The Morgan fingerprint density at radius 3 is 2.55 bits per heavy atom. The lowest BCUT2D eigenvalue weighted by Crippen LogP contribution is -2.19. The molecule has 2 aromatic carbocycles. The minimum Gasteiger partial charge on any atom is -0.321 e. The third-order valence-corrected chi connectivity index (χ3v) is 4.92. The van der Waals surface area contributed by atoms with Crippen molar-refractivity contribution in [1.82, 2.24) is 14.8 Å². The van der Waals surface area contributed by atoms with Crippen LogP contribution in [0, 0.1) is 12.7 Å². The van der Waals surface area contributed by atoms with Crippen LogP contribution in [-0.2, 0) is 0 Å². The molecule has 0 saturated heterocycles.